The minimum atomic E-state index is 0.296. The Morgan fingerprint density at radius 2 is 1.86 bits per heavy atom. The quantitative estimate of drug-likeness (QED) is 0.712. The topological polar surface area (TPSA) is 25.2 Å². The van der Waals surface area contributed by atoms with Gasteiger partial charge in [-0.3, -0.25) is 0 Å². The van der Waals surface area contributed by atoms with Gasteiger partial charge in [-0.1, -0.05) is 40.7 Å². The third-order valence-corrected chi connectivity index (χ3v) is 4.33. The van der Waals surface area contributed by atoms with E-state index in [1.54, 1.807) is 0 Å². The van der Waals surface area contributed by atoms with Gasteiger partial charge < -0.3 is 9.73 Å². The molecule has 0 bridgehead atoms. The largest absolute Gasteiger partial charge is 0.459 e. The van der Waals surface area contributed by atoms with Crippen molar-refractivity contribution in [3.05, 3.63) is 35.6 Å². The van der Waals surface area contributed by atoms with Crippen LogP contribution < -0.4 is 5.32 Å². The molecule has 0 saturated heterocycles. The summed E-state index contributed by atoms with van der Waals surface area (Å²) in [5, 5.41) is 4.83. The van der Waals surface area contributed by atoms with Crippen molar-refractivity contribution in [2.75, 3.05) is 6.54 Å². The van der Waals surface area contributed by atoms with Crippen LogP contribution >= 0.6 is 0 Å². The van der Waals surface area contributed by atoms with E-state index < -0.39 is 0 Å². The summed E-state index contributed by atoms with van der Waals surface area (Å²) in [6.07, 6.45) is 2.31. The number of fused-ring (bicyclic) bond motifs is 1. The van der Waals surface area contributed by atoms with E-state index in [0.717, 1.165) is 24.3 Å². The van der Waals surface area contributed by atoms with E-state index in [4.69, 9.17) is 4.42 Å². The number of nitrogens with one attached hydrogen (secondary N) is 1. The maximum Gasteiger partial charge on any atom is 0.134 e. The fraction of sp³-hybridized carbons (Fsp3) is 0.579. The number of benzene rings is 1. The van der Waals surface area contributed by atoms with Crippen LogP contribution in [0.4, 0.5) is 0 Å². The van der Waals surface area contributed by atoms with Crippen molar-refractivity contribution >= 4 is 11.0 Å². The first-order chi connectivity index (χ1) is 10.1. The highest BCUT2D eigenvalue weighted by molar-refractivity contribution is 5.79. The molecule has 1 heterocycles. The molecular weight excluding hydrogens is 258 g/mol. The molecule has 21 heavy (non-hydrogen) atoms. The second kappa shape index (κ2) is 7.13. The van der Waals surface area contributed by atoms with Gasteiger partial charge in [0.1, 0.15) is 11.3 Å². The smallest absolute Gasteiger partial charge is 0.134 e. The normalized spacial score (nSPS) is 14.8. The van der Waals surface area contributed by atoms with Crippen LogP contribution in [0.2, 0.25) is 0 Å². The molecule has 1 aromatic carbocycles. The van der Waals surface area contributed by atoms with E-state index in [-0.39, 0.29) is 0 Å². The summed E-state index contributed by atoms with van der Waals surface area (Å²) in [5.74, 6) is 2.19. The van der Waals surface area contributed by atoms with Crippen LogP contribution in [0.15, 0.2) is 28.7 Å². The molecular formula is C19H29NO. The van der Waals surface area contributed by atoms with Gasteiger partial charge in [0, 0.05) is 5.39 Å². The Bertz CT molecular complexity index is 570. The van der Waals surface area contributed by atoms with Crippen molar-refractivity contribution in [1.29, 1.82) is 0 Å². The second-order valence-electron chi connectivity index (χ2n) is 6.43. The van der Waals surface area contributed by atoms with E-state index in [2.05, 4.69) is 64.2 Å². The lowest BCUT2D eigenvalue weighted by Crippen LogP contribution is -2.25. The number of hydrogen-bond donors (Lipinski definition) is 1. The molecule has 2 nitrogen and oxygen atoms in total. The molecule has 0 spiro atoms. The van der Waals surface area contributed by atoms with Gasteiger partial charge in [0.05, 0.1) is 6.04 Å². The van der Waals surface area contributed by atoms with Crippen LogP contribution in [0.1, 0.15) is 70.7 Å². The summed E-state index contributed by atoms with van der Waals surface area (Å²) in [5.41, 5.74) is 2.40. The van der Waals surface area contributed by atoms with Crippen molar-refractivity contribution < 1.29 is 4.42 Å². The van der Waals surface area contributed by atoms with Gasteiger partial charge in [0.25, 0.3) is 0 Å². The van der Waals surface area contributed by atoms with Gasteiger partial charge in [-0.05, 0) is 55.0 Å². The van der Waals surface area contributed by atoms with Crippen LogP contribution in [0.5, 0.6) is 0 Å². The van der Waals surface area contributed by atoms with E-state index in [9.17, 15) is 0 Å². The Morgan fingerprint density at radius 3 is 2.48 bits per heavy atom. The first-order valence-corrected chi connectivity index (χ1v) is 8.33. The highest BCUT2D eigenvalue weighted by Gasteiger charge is 2.19. The molecule has 2 unspecified atom stereocenters. The van der Waals surface area contributed by atoms with Gasteiger partial charge in [0.15, 0.2) is 0 Å². The monoisotopic (exact) mass is 287 g/mol. The van der Waals surface area contributed by atoms with E-state index in [1.165, 1.54) is 17.4 Å². The molecule has 0 saturated carbocycles. The summed E-state index contributed by atoms with van der Waals surface area (Å²) in [7, 11) is 0. The van der Waals surface area contributed by atoms with Crippen LogP contribution in [0.3, 0.4) is 0 Å². The number of hydrogen-bond acceptors (Lipinski definition) is 2. The van der Waals surface area contributed by atoms with Crippen LogP contribution in [-0.4, -0.2) is 6.54 Å². The van der Waals surface area contributed by atoms with E-state index in [0.29, 0.717) is 17.9 Å². The molecule has 0 aliphatic carbocycles. The fourth-order valence-corrected chi connectivity index (χ4v) is 2.74. The summed E-state index contributed by atoms with van der Waals surface area (Å²) >= 11 is 0. The minimum Gasteiger partial charge on any atom is -0.459 e. The predicted octanol–water partition coefficient (Wildman–Crippen LogP) is 5.64. The molecule has 0 fully saturated rings. The summed E-state index contributed by atoms with van der Waals surface area (Å²) < 4.78 is 6.09. The molecule has 2 atom stereocenters. The standard InChI is InChI=1S/C19H29NO/c1-6-10-20-19(13(3)4)18-12-16-11-15(14(5)7-2)8-9-17(16)21-18/h8-9,11-14,19-20H,6-7,10H2,1-5H3. The van der Waals surface area contributed by atoms with E-state index >= 15 is 0 Å². The molecule has 0 amide bonds. The van der Waals surface area contributed by atoms with Crippen molar-refractivity contribution in [2.45, 2.75) is 59.4 Å². The Balaban J connectivity index is 2.32. The van der Waals surface area contributed by atoms with Crippen molar-refractivity contribution in [3.8, 4) is 0 Å². The zero-order valence-electron chi connectivity index (χ0n) is 14.1. The van der Waals surface area contributed by atoms with Gasteiger partial charge >= 0.3 is 0 Å². The zero-order chi connectivity index (χ0) is 15.4. The van der Waals surface area contributed by atoms with Crippen molar-refractivity contribution in [1.82, 2.24) is 5.32 Å². The highest BCUT2D eigenvalue weighted by Crippen LogP contribution is 2.30. The summed E-state index contributed by atoms with van der Waals surface area (Å²) in [4.78, 5) is 0. The van der Waals surface area contributed by atoms with E-state index in [1.807, 2.05) is 0 Å². The molecule has 1 aromatic heterocycles. The Labute approximate surface area is 128 Å². The molecule has 2 heteroatoms. The SMILES string of the molecule is CCCNC(c1cc2cc(C(C)CC)ccc2o1)C(C)C. The third kappa shape index (κ3) is 3.68. The third-order valence-electron chi connectivity index (χ3n) is 4.33. The maximum atomic E-state index is 6.09. The van der Waals surface area contributed by atoms with Crippen LogP contribution in [0, 0.1) is 5.92 Å². The van der Waals surface area contributed by atoms with Crippen molar-refractivity contribution in [3.63, 3.8) is 0 Å². The predicted molar refractivity (Wildman–Crippen MR) is 90.8 cm³/mol. The van der Waals surface area contributed by atoms with Crippen LogP contribution in [0.25, 0.3) is 11.0 Å². The number of rotatable bonds is 7. The van der Waals surface area contributed by atoms with Gasteiger partial charge in [0.2, 0.25) is 0 Å². The second-order valence-corrected chi connectivity index (χ2v) is 6.43. The van der Waals surface area contributed by atoms with Crippen LogP contribution in [-0.2, 0) is 0 Å². The molecule has 0 aliphatic heterocycles. The highest BCUT2D eigenvalue weighted by atomic mass is 16.3. The molecule has 2 rings (SSSR count). The Hall–Kier alpha value is -1.28. The molecule has 116 valence electrons. The maximum absolute atomic E-state index is 6.09. The first kappa shape index (κ1) is 16.1. The molecule has 1 N–H and O–H groups in total. The lowest BCUT2D eigenvalue weighted by atomic mass is 9.97. The Kier molecular flexibility index (Phi) is 5.46. The lowest BCUT2D eigenvalue weighted by Gasteiger charge is -2.19. The molecule has 0 radical (unpaired) electrons. The summed E-state index contributed by atoms with van der Waals surface area (Å²) in [6.45, 7) is 12.2. The van der Waals surface area contributed by atoms with Gasteiger partial charge in [-0.15, -0.1) is 0 Å². The summed E-state index contributed by atoms with van der Waals surface area (Å²) in [6, 6.07) is 9.12. The zero-order valence-corrected chi connectivity index (χ0v) is 14.1. The average molecular weight is 287 g/mol. The minimum absolute atomic E-state index is 0.296. The van der Waals surface area contributed by atoms with Gasteiger partial charge in [-0.2, -0.15) is 0 Å². The Morgan fingerprint density at radius 1 is 1.10 bits per heavy atom. The number of furan rings is 1. The van der Waals surface area contributed by atoms with Gasteiger partial charge in [-0.25, -0.2) is 0 Å². The fourth-order valence-electron chi connectivity index (χ4n) is 2.74. The van der Waals surface area contributed by atoms with Crippen molar-refractivity contribution in [2.24, 2.45) is 5.92 Å². The molecule has 2 aromatic rings. The first-order valence-electron chi connectivity index (χ1n) is 8.33. The average Bonchev–Trinajstić information content (AvgIpc) is 2.88. The lowest BCUT2D eigenvalue weighted by molar-refractivity contribution is 0.351. The molecule has 0 aliphatic rings.